The summed E-state index contributed by atoms with van der Waals surface area (Å²) in [5.74, 6) is 0.193. The zero-order valence-corrected chi connectivity index (χ0v) is 9.58. The van der Waals surface area contributed by atoms with Crippen molar-refractivity contribution in [2.24, 2.45) is 0 Å². The van der Waals surface area contributed by atoms with Crippen LogP contribution in [0.3, 0.4) is 0 Å². The van der Waals surface area contributed by atoms with Crippen molar-refractivity contribution in [3.8, 4) is 0 Å². The van der Waals surface area contributed by atoms with E-state index in [9.17, 15) is 18.0 Å². The van der Waals surface area contributed by atoms with Crippen LogP contribution in [0, 0.1) is 6.92 Å². The molecular weight excluding hydrogens is 235 g/mol. The van der Waals surface area contributed by atoms with Gasteiger partial charge in [-0.25, -0.2) is 4.98 Å². The number of carbonyl (C=O) groups is 1. The molecule has 0 aliphatic carbocycles. The van der Waals surface area contributed by atoms with Crippen LogP contribution in [0.1, 0.15) is 25.2 Å². The standard InChI is InChI=1S/C10H14F3N3O/c1-7(16-6-5-14-8(16)2)9(17)15-4-3-10(11,12)13/h5-7H,3-4H2,1-2H3,(H,15,17)/t7-/m0/s1. The SMILES string of the molecule is Cc1nccn1[C@@H](C)C(=O)NCCC(F)(F)F. The zero-order chi connectivity index (χ0) is 13.1. The lowest BCUT2D eigenvalue weighted by molar-refractivity contribution is -0.136. The highest BCUT2D eigenvalue weighted by Gasteiger charge is 2.27. The normalized spacial score (nSPS) is 13.5. The van der Waals surface area contributed by atoms with Crippen molar-refractivity contribution in [1.82, 2.24) is 14.9 Å². The Kier molecular flexibility index (Phi) is 4.14. The molecule has 1 aromatic rings. The molecule has 0 unspecified atom stereocenters. The summed E-state index contributed by atoms with van der Waals surface area (Å²) in [6, 6.07) is -0.564. The molecule has 0 spiro atoms. The first-order valence-electron chi connectivity index (χ1n) is 5.15. The van der Waals surface area contributed by atoms with Gasteiger partial charge in [-0.2, -0.15) is 13.2 Å². The first-order valence-corrected chi connectivity index (χ1v) is 5.15. The summed E-state index contributed by atoms with van der Waals surface area (Å²) >= 11 is 0. The molecule has 0 bridgehead atoms. The average molecular weight is 249 g/mol. The Morgan fingerprint density at radius 2 is 2.24 bits per heavy atom. The summed E-state index contributed by atoms with van der Waals surface area (Å²) in [6.45, 7) is 2.93. The van der Waals surface area contributed by atoms with Gasteiger partial charge in [0.05, 0.1) is 6.42 Å². The van der Waals surface area contributed by atoms with Gasteiger partial charge in [0.15, 0.2) is 0 Å². The van der Waals surface area contributed by atoms with Gasteiger partial charge in [0.2, 0.25) is 5.91 Å². The van der Waals surface area contributed by atoms with Crippen molar-refractivity contribution in [2.75, 3.05) is 6.54 Å². The van der Waals surface area contributed by atoms with Gasteiger partial charge < -0.3 is 9.88 Å². The molecule has 1 heterocycles. The molecule has 1 aromatic heterocycles. The number of halogens is 3. The Balaban J connectivity index is 2.46. The van der Waals surface area contributed by atoms with Crippen LogP contribution < -0.4 is 5.32 Å². The molecule has 1 N–H and O–H groups in total. The number of nitrogens with zero attached hydrogens (tertiary/aromatic N) is 2. The maximum Gasteiger partial charge on any atom is 0.390 e. The van der Waals surface area contributed by atoms with E-state index in [-0.39, 0.29) is 0 Å². The summed E-state index contributed by atoms with van der Waals surface area (Å²) in [5, 5.41) is 2.25. The molecule has 0 saturated carbocycles. The number of hydrogen-bond acceptors (Lipinski definition) is 2. The number of rotatable bonds is 4. The van der Waals surface area contributed by atoms with Crippen molar-refractivity contribution in [1.29, 1.82) is 0 Å². The van der Waals surface area contributed by atoms with Gasteiger partial charge in [-0.1, -0.05) is 0 Å². The number of nitrogens with one attached hydrogen (secondary N) is 1. The second kappa shape index (κ2) is 5.20. The smallest absolute Gasteiger partial charge is 0.354 e. The molecule has 4 nitrogen and oxygen atoms in total. The molecule has 1 rings (SSSR count). The van der Waals surface area contributed by atoms with Gasteiger partial charge in [-0.05, 0) is 13.8 Å². The monoisotopic (exact) mass is 249 g/mol. The third-order valence-electron chi connectivity index (χ3n) is 2.37. The molecule has 96 valence electrons. The van der Waals surface area contributed by atoms with Crippen molar-refractivity contribution in [3.05, 3.63) is 18.2 Å². The maximum absolute atomic E-state index is 11.9. The third kappa shape index (κ3) is 4.08. The quantitative estimate of drug-likeness (QED) is 0.884. The summed E-state index contributed by atoms with van der Waals surface area (Å²) in [6.07, 6.45) is -2.12. The van der Waals surface area contributed by atoms with Gasteiger partial charge in [0, 0.05) is 18.9 Å². The van der Waals surface area contributed by atoms with Crippen molar-refractivity contribution >= 4 is 5.91 Å². The predicted molar refractivity (Wildman–Crippen MR) is 55.4 cm³/mol. The van der Waals surface area contributed by atoms with Gasteiger partial charge in [0.1, 0.15) is 11.9 Å². The lowest BCUT2D eigenvalue weighted by Gasteiger charge is -2.15. The average Bonchev–Trinajstić information content (AvgIpc) is 2.61. The highest BCUT2D eigenvalue weighted by atomic mass is 19.4. The van der Waals surface area contributed by atoms with E-state index in [0.29, 0.717) is 5.82 Å². The van der Waals surface area contributed by atoms with Crippen LogP contribution in [0.5, 0.6) is 0 Å². The first kappa shape index (κ1) is 13.5. The second-order valence-corrected chi connectivity index (χ2v) is 3.71. The molecule has 0 saturated heterocycles. The molecule has 1 amide bonds. The molecule has 0 aliphatic heterocycles. The Morgan fingerprint density at radius 1 is 1.59 bits per heavy atom. The Morgan fingerprint density at radius 3 is 2.71 bits per heavy atom. The maximum atomic E-state index is 11.9. The van der Waals surface area contributed by atoms with E-state index in [1.165, 1.54) is 6.20 Å². The van der Waals surface area contributed by atoms with Crippen LogP contribution in [-0.2, 0) is 4.79 Å². The predicted octanol–water partition coefficient (Wildman–Crippen LogP) is 1.82. The molecule has 1 atom stereocenters. The van der Waals surface area contributed by atoms with Crippen LogP contribution in [0.15, 0.2) is 12.4 Å². The van der Waals surface area contributed by atoms with Crippen molar-refractivity contribution in [2.45, 2.75) is 32.5 Å². The summed E-state index contributed by atoms with van der Waals surface area (Å²) in [7, 11) is 0. The Hall–Kier alpha value is -1.53. The van der Waals surface area contributed by atoms with Gasteiger partial charge in [-0.3, -0.25) is 4.79 Å². The van der Waals surface area contributed by atoms with Crippen LogP contribution in [0.2, 0.25) is 0 Å². The molecule has 0 aromatic carbocycles. The second-order valence-electron chi connectivity index (χ2n) is 3.71. The lowest BCUT2D eigenvalue weighted by atomic mass is 10.3. The summed E-state index contributed by atoms with van der Waals surface area (Å²) in [5.41, 5.74) is 0. The largest absolute Gasteiger partial charge is 0.390 e. The fraction of sp³-hybridized carbons (Fsp3) is 0.600. The minimum atomic E-state index is -4.25. The van der Waals surface area contributed by atoms with Gasteiger partial charge in [0.25, 0.3) is 0 Å². The van der Waals surface area contributed by atoms with E-state index >= 15 is 0 Å². The third-order valence-corrected chi connectivity index (χ3v) is 2.37. The number of hydrogen-bond donors (Lipinski definition) is 1. The van der Waals surface area contributed by atoms with Crippen LogP contribution >= 0.6 is 0 Å². The Labute approximate surface area is 96.8 Å². The topological polar surface area (TPSA) is 46.9 Å². The van der Waals surface area contributed by atoms with Gasteiger partial charge >= 0.3 is 6.18 Å². The highest BCUT2D eigenvalue weighted by molar-refractivity contribution is 5.79. The lowest BCUT2D eigenvalue weighted by Crippen LogP contribution is -2.33. The molecule has 17 heavy (non-hydrogen) atoms. The molecule has 7 heteroatoms. The highest BCUT2D eigenvalue weighted by Crippen LogP contribution is 2.18. The van der Waals surface area contributed by atoms with E-state index < -0.39 is 31.1 Å². The molecule has 0 radical (unpaired) electrons. The van der Waals surface area contributed by atoms with E-state index in [0.717, 1.165) is 0 Å². The minimum absolute atomic E-state index is 0.402. The van der Waals surface area contributed by atoms with E-state index in [1.54, 1.807) is 24.6 Å². The Bertz CT molecular complexity index is 386. The van der Waals surface area contributed by atoms with Crippen molar-refractivity contribution < 1.29 is 18.0 Å². The fourth-order valence-corrected chi connectivity index (χ4v) is 1.40. The van der Waals surface area contributed by atoms with E-state index in [1.807, 2.05) is 0 Å². The van der Waals surface area contributed by atoms with E-state index in [2.05, 4.69) is 10.3 Å². The molecule has 0 fully saturated rings. The molecule has 0 aliphatic rings. The van der Waals surface area contributed by atoms with Crippen LogP contribution in [0.25, 0.3) is 0 Å². The number of alkyl halides is 3. The van der Waals surface area contributed by atoms with Gasteiger partial charge in [-0.15, -0.1) is 0 Å². The number of imidazole rings is 1. The van der Waals surface area contributed by atoms with E-state index in [4.69, 9.17) is 0 Å². The number of amides is 1. The zero-order valence-electron chi connectivity index (χ0n) is 9.58. The first-order chi connectivity index (χ1) is 7.81. The number of aryl methyl sites for hydroxylation is 1. The van der Waals surface area contributed by atoms with Crippen molar-refractivity contribution in [3.63, 3.8) is 0 Å². The number of aromatic nitrogens is 2. The van der Waals surface area contributed by atoms with Crippen LogP contribution in [-0.4, -0.2) is 28.2 Å². The number of carbonyl (C=O) groups excluding carboxylic acids is 1. The molecular formula is C10H14F3N3O. The fourth-order valence-electron chi connectivity index (χ4n) is 1.40. The van der Waals surface area contributed by atoms with Crippen LogP contribution in [0.4, 0.5) is 13.2 Å². The summed E-state index contributed by atoms with van der Waals surface area (Å²) < 4.78 is 37.2. The summed E-state index contributed by atoms with van der Waals surface area (Å²) in [4.78, 5) is 15.5. The minimum Gasteiger partial charge on any atom is -0.354 e.